The van der Waals surface area contributed by atoms with Crippen molar-refractivity contribution in [2.45, 2.75) is 26.4 Å². The van der Waals surface area contributed by atoms with E-state index in [4.69, 9.17) is 4.74 Å². The van der Waals surface area contributed by atoms with Gasteiger partial charge >= 0.3 is 0 Å². The predicted molar refractivity (Wildman–Crippen MR) is 85.9 cm³/mol. The van der Waals surface area contributed by atoms with Crippen molar-refractivity contribution in [3.8, 4) is 5.88 Å². The van der Waals surface area contributed by atoms with Gasteiger partial charge in [-0.1, -0.05) is 0 Å². The minimum absolute atomic E-state index is 0.116. The Morgan fingerprint density at radius 1 is 1.29 bits per heavy atom. The molecule has 2 aromatic rings. The van der Waals surface area contributed by atoms with Gasteiger partial charge in [-0.15, -0.1) is 0 Å². The zero-order chi connectivity index (χ0) is 17.3. The highest BCUT2D eigenvalue weighted by Crippen LogP contribution is 2.18. The Balaban J connectivity index is 1.67. The first-order valence-corrected chi connectivity index (χ1v) is 7.75. The molecule has 0 aliphatic carbocycles. The summed E-state index contributed by atoms with van der Waals surface area (Å²) in [7, 11) is 1.52. The van der Waals surface area contributed by atoms with Crippen LogP contribution in [0.3, 0.4) is 0 Å². The number of nitrogens with zero attached hydrogens (tertiary/aromatic N) is 5. The second-order valence-electron chi connectivity index (χ2n) is 5.85. The van der Waals surface area contributed by atoms with Crippen LogP contribution < -0.4 is 10.3 Å². The topological polar surface area (TPSA) is 90.2 Å². The lowest BCUT2D eigenvalue weighted by atomic mass is 10.3. The van der Waals surface area contributed by atoms with Crippen LogP contribution in [0.2, 0.25) is 0 Å². The Hall–Kier alpha value is -2.77. The average molecular weight is 329 g/mol. The standard InChI is InChI=1S/C16H19N5O3/c1-10-8-14(18-11(2)17-10)24-12-6-7-21(9-12)16(23)13-4-5-15(22)20(3)19-13/h4-5,8,12H,6-7,9H2,1-3H3/t12-/m0/s1. The second-order valence-corrected chi connectivity index (χ2v) is 5.85. The second kappa shape index (κ2) is 6.38. The van der Waals surface area contributed by atoms with Crippen LogP contribution in [0.5, 0.6) is 5.88 Å². The van der Waals surface area contributed by atoms with E-state index < -0.39 is 0 Å². The Morgan fingerprint density at radius 3 is 2.79 bits per heavy atom. The quantitative estimate of drug-likeness (QED) is 0.813. The van der Waals surface area contributed by atoms with Gasteiger partial charge in [0.1, 0.15) is 17.6 Å². The molecule has 24 heavy (non-hydrogen) atoms. The molecule has 1 fully saturated rings. The third-order valence-electron chi connectivity index (χ3n) is 3.84. The molecule has 8 nitrogen and oxygen atoms in total. The molecular weight excluding hydrogens is 310 g/mol. The summed E-state index contributed by atoms with van der Waals surface area (Å²) in [6.07, 6.45) is 0.606. The lowest BCUT2D eigenvalue weighted by molar-refractivity contribution is 0.0762. The molecule has 1 amide bonds. The molecule has 126 valence electrons. The highest BCUT2D eigenvalue weighted by Gasteiger charge is 2.29. The van der Waals surface area contributed by atoms with Crippen LogP contribution >= 0.6 is 0 Å². The van der Waals surface area contributed by atoms with Gasteiger partial charge in [0.2, 0.25) is 5.88 Å². The molecule has 1 aliphatic heterocycles. The lowest BCUT2D eigenvalue weighted by Gasteiger charge is -2.17. The molecule has 1 atom stereocenters. The molecule has 0 bridgehead atoms. The van der Waals surface area contributed by atoms with E-state index in [1.165, 1.54) is 19.2 Å². The van der Waals surface area contributed by atoms with E-state index in [9.17, 15) is 9.59 Å². The highest BCUT2D eigenvalue weighted by atomic mass is 16.5. The third-order valence-corrected chi connectivity index (χ3v) is 3.84. The van der Waals surface area contributed by atoms with Gasteiger partial charge in [0.25, 0.3) is 11.5 Å². The number of ether oxygens (including phenoxy) is 1. The van der Waals surface area contributed by atoms with Gasteiger partial charge in [0.05, 0.1) is 6.54 Å². The summed E-state index contributed by atoms with van der Waals surface area (Å²) in [5.74, 6) is 0.983. The molecule has 2 aromatic heterocycles. The van der Waals surface area contributed by atoms with Gasteiger partial charge in [-0.2, -0.15) is 10.1 Å². The van der Waals surface area contributed by atoms with Crippen molar-refractivity contribution in [1.82, 2.24) is 24.6 Å². The fraction of sp³-hybridized carbons (Fsp3) is 0.438. The Morgan fingerprint density at radius 2 is 2.08 bits per heavy atom. The predicted octanol–water partition coefficient (Wildman–Crippen LogP) is 0.481. The fourth-order valence-corrected chi connectivity index (χ4v) is 2.70. The van der Waals surface area contributed by atoms with Gasteiger partial charge in [-0.25, -0.2) is 9.67 Å². The molecule has 3 heterocycles. The molecule has 0 radical (unpaired) electrons. The Kier molecular flexibility index (Phi) is 4.28. The minimum atomic E-state index is -0.247. The Bertz CT molecular complexity index is 812. The van der Waals surface area contributed by atoms with E-state index in [1.54, 1.807) is 11.0 Å². The summed E-state index contributed by atoms with van der Waals surface area (Å²) in [6.45, 7) is 4.75. The summed E-state index contributed by atoms with van der Waals surface area (Å²) < 4.78 is 7.03. The number of likely N-dealkylation sites (tertiary alicyclic amines) is 1. The van der Waals surface area contributed by atoms with Crippen molar-refractivity contribution in [3.63, 3.8) is 0 Å². The van der Waals surface area contributed by atoms with Crippen molar-refractivity contribution in [2.75, 3.05) is 13.1 Å². The van der Waals surface area contributed by atoms with Crippen LogP contribution in [-0.2, 0) is 7.05 Å². The SMILES string of the molecule is Cc1cc(O[C@H]2CCN(C(=O)c3ccc(=O)n(C)n3)C2)nc(C)n1. The van der Waals surface area contributed by atoms with Crippen molar-refractivity contribution in [2.24, 2.45) is 7.05 Å². The first kappa shape index (κ1) is 16.1. The van der Waals surface area contributed by atoms with Crippen LogP contribution in [0.1, 0.15) is 28.4 Å². The smallest absolute Gasteiger partial charge is 0.274 e. The molecule has 3 rings (SSSR count). The number of rotatable bonds is 3. The maximum atomic E-state index is 12.5. The monoisotopic (exact) mass is 329 g/mol. The number of hydrogen-bond acceptors (Lipinski definition) is 6. The van der Waals surface area contributed by atoms with E-state index in [-0.39, 0.29) is 23.3 Å². The first-order chi connectivity index (χ1) is 11.4. The van der Waals surface area contributed by atoms with Gasteiger partial charge in [0, 0.05) is 37.8 Å². The molecule has 8 heteroatoms. The van der Waals surface area contributed by atoms with Gasteiger partial charge in [0.15, 0.2) is 0 Å². The van der Waals surface area contributed by atoms with Gasteiger partial charge in [-0.3, -0.25) is 9.59 Å². The van der Waals surface area contributed by atoms with E-state index in [2.05, 4.69) is 15.1 Å². The van der Waals surface area contributed by atoms with Crippen LogP contribution in [0.15, 0.2) is 23.0 Å². The molecule has 1 saturated heterocycles. The summed E-state index contributed by atoms with van der Waals surface area (Å²) in [5, 5.41) is 4.00. The lowest BCUT2D eigenvalue weighted by Crippen LogP contribution is -2.33. The highest BCUT2D eigenvalue weighted by molar-refractivity contribution is 5.92. The maximum Gasteiger partial charge on any atom is 0.274 e. The summed E-state index contributed by atoms with van der Waals surface area (Å²) in [4.78, 5) is 34.0. The maximum absolute atomic E-state index is 12.5. The molecule has 1 aliphatic rings. The summed E-state index contributed by atoms with van der Waals surface area (Å²) >= 11 is 0. The van der Waals surface area contributed by atoms with E-state index >= 15 is 0 Å². The van der Waals surface area contributed by atoms with Crippen LogP contribution in [0, 0.1) is 13.8 Å². The third kappa shape index (κ3) is 3.42. The average Bonchev–Trinajstić information content (AvgIpc) is 2.96. The van der Waals surface area contributed by atoms with Crippen molar-refractivity contribution < 1.29 is 9.53 Å². The molecule has 0 saturated carbocycles. The van der Waals surface area contributed by atoms with Crippen LogP contribution in [-0.4, -0.2) is 49.7 Å². The van der Waals surface area contributed by atoms with Crippen LogP contribution in [0.4, 0.5) is 0 Å². The number of carbonyl (C=O) groups is 1. The van der Waals surface area contributed by atoms with Crippen LogP contribution in [0.25, 0.3) is 0 Å². The van der Waals surface area contributed by atoms with Crippen molar-refractivity contribution >= 4 is 5.91 Å². The molecular formula is C16H19N5O3. The normalized spacial score (nSPS) is 17.1. The van der Waals surface area contributed by atoms with E-state index in [0.29, 0.717) is 24.8 Å². The number of aromatic nitrogens is 4. The number of amides is 1. The number of carbonyl (C=O) groups excluding carboxylic acids is 1. The number of hydrogen-bond donors (Lipinski definition) is 0. The molecule has 0 spiro atoms. The summed E-state index contributed by atoms with van der Waals surface area (Å²) in [6, 6.07) is 4.58. The van der Waals surface area contributed by atoms with E-state index in [0.717, 1.165) is 16.8 Å². The molecule has 0 N–H and O–H groups in total. The molecule has 0 aromatic carbocycles. The largest absolute Gasteiger partial charge is 0.472 e. The number of aryl methyl sites for hydroxylation is 3. The minimum Gasteiger partial charge on any atom is -0.472 e. The summed E-state index contributed by atoms with van der Waals surface area (Å²) in [5.41, 5.74) is 0.855. The molecule has 0 unspecified atom stereocenters. The van der Waals surface area contributed by atoms with Gasteiger partial charge in [-0.05, 0) is 19.9 Å². The van der Waals surface area contributed by atoms with Crippen molar-refractivity contribution in [1.29, 1.82) is 0 Å². The van der Waals surface area contributed by atoms with Crippen molar-refractivity contribution in [3.05, 3.63) is 45.8 Å². The zero-order valence-electron chi connectivity index (χ0n) is 13.9. The van der Waals surface area contributed by atoms with Gasteiger partial charge < -0.3 is 9.64 Å². The van der Waals surface area contributed by atoms with E-state index in [1.807, 2.05) is 13.8 Å². The first-order valence-electron chi connectivity index (χ1n) is 7.75. The fourth-order valence-electron chi connectivity index (χ4n) is 2.70. The Labute approximate surface area is 139 Å². The zero-order valence-corrected chi connectivity index (χ0v) is 13.9.